The summed E-state index contributed by atoms with van der Waals surface area (Å²) in [6, 6.07) is 2.49. The second kappa shape index (κ2) is 2.47. The Hall–Kier alpha value is -0.550. The molecule has 0 saturated heterocycles. The minimum absolute atomic E-state index is 0.0281. The van der Waals surface area contributed by atoms with Gasteiger partial charge in [0.15, 0.2) is 0 Å². The lowest BCUT2D eigenvalue weighted by atomic mass is 9.59. The molecule has 0 spiro atoms. The molecule has 3 saturated carbocycles. The Kier molecular flexibility index (Phi) is 1.66. The molecule has 2 heteroatoms. The van der Waals surface area contributed by atoms with Gasteiger partial charge in [-0.25, -0.2) is 0 Å². The third-order valence-corrected chi connectivity index (χ3v) is 3.85. The van der Waals surface area contributed by atoms with Gasteiger partial charge in [-0.1, -0.05) is 0 Å². The summed E-state index contributed by atoms with van der Waals surface area (Å²) < 4.78 is 5.55. The summed E-state index contributed by atoms with van der Waals surface area (Å²) in [7, 11) is 1.81. The number of rotatable bonds is 1. The van der Waals surface area contributed by atoms with Crippen molar-refractivity contribution in [3.63, 3.8) is 0 Å². The molecule has 0 unspecified atom stereocenters. The van der Waals surface area contributed by atoms with E-state index in [2.05, 4.69) is 6.07 Å². The van der Waals surface area contributed by atoms with E-state index in [4.69, 9.17) is 10.00 Å². The van der Waals surface area contributed by atoms with Gasteiger partial charge in [-0.2, -0.15) is 5.26 Å². The van der Waals surface area contributed by atoms with Crippen molar-refractivity contribution in [1.82, 2.24) is 0 Å². The smallest absolute Gasteiger partial charge is 0.0689 e. The predicted molar refractivity (Wildman–Crippen MR) is 45.5 cm³/mol. The van der Waals surface area contributed by atoms with Crippen LogP contribution < -0.4 is 0 Å². The normalized spacial score (nSPS) is 45.7. The summed E-state index contributed by atoms with van der Waals surface area (Å²) in [6.45, 7) is 0. The maximum atomic E-state index is 9.03. The van der Waals surface area contributed by atoms with E-state index in [9.17, 15) is 0 Å². The van der Waals surface area contributed by atoms with Crippen molar-refractivity contribution in [3.8, 4) is 6.07 Å². The van der Waals surface area contributed by atoms with Crippen molar-refractivity contribution in [2.75, 3.05) is 7.11 Å². The first-order chi connectivity index (χ1) is 5.74. The molecule has 0 atom stereocenters. The molecule has 2 nitrogen and oxygen atoms in total. The van der Waals surface area contributed by atoms with Crippen LogP contribution in [0.15, 0.2) is 0 Å². The van der Waals surface area contributed by atoms with E-state index in [0.717, 1.165) is 38.5 Å². The van der Waals surface area contributed by atoms with E-state index in [1.807, 2.05) is 7.11 Å². The van der Waals surface area contributed by atoms with Crippen LogP contribution in [0.1, 0.15) is 38.5 Å². The molecule has 0 heterocycles. The van der Waals surface area contributed by atoms with Gasteiger partial charge >= 0.3 is 0 Å². The number of ether oxygens (including phenoxy) is 1. The summed E-state index contributed by atoms with van der Waals surface area (Å²) >= 11 is 0. The largest absolute Gasteiger partial charge is 0.378 e. The number of nitriles is 1. The lowest BCUT2D eigenvalue weighted by molar-refractivity contribution is -0.102. The zero-order chi connectivity index (χ0) is 8.66. The molecular weight excluding hydrogens is 150 g/mol. The predicted octanol–water partition coefficient (Wildman–Crippen LogP) is 2.25. The summed E-state index contributed by atoms with van der Waals surface area (Å²) in [4.78, 5) is 0. The molecule has 0 aliphatic heterocycles. The Balaban J connectivity index is 2.15. The van der Waals surface area contributed by atoms with Gasteiger partial charge in [-0.3, -0.25) is 0 Å². The van der Waals surface area contributed by atoms with Crippen LogP contribution in [0.2, 0.25) is 0 Å². The Morgan fingerprint density at radius 1 is 1.08 bits per heavy atom. The molecular formula is C10H15NO. The van der Waals surface area contributed by atoms with E-state index in [-0.39, 0.29) is 11.0 Å². The van der Waals surface area contributed by atoms with Crippen LogP contribution in [0.5, 0.6) is 0 Å². The van der Waals surface area contributed by atoms with Gasteiger partial charge in [0.25, 0.3) is 0 Å². The van der Waals surface area contributed by atoms with E-state index < -0.39 is 0 Å². The van der Waals surface area contributed by atoms with Crippen LogP contribution in [0, 0.1) is 16.7 Å². The zero-order valence-electron chi connectivity index (χ0n) is 7.60. The van der Waals surface area contributed by atoms with Gasteiger partial charge in [0, 0.05) is 7.11 Å². The highest BCUT2D eigenvalue weighted by atomic mass is 16.5. The molecule has 3 aliphatic rings. The van der Waals surface area contributed by atoms with Crippen LogP contribution in [0.4, 0.5) is 0 Å². The monoisotopic (exact) mass is 165 g/mol. The highest BCUT2D eigenvalue weighted by molar-refractivity contribution is 5.10. The summed E-state index contributed by atoms with van der Waals surface area (Å²) in [6.07, 6.45) is 6.44. The fourth-order valence-corrected chi connectivity index (χ4v) is 2.63. The standard InChI is InChI=1S/C10H15NO/c1-12-10-5-2-9(8-11,3-6-10)4-7-10/h2-7H2,1H3. The zero-order valence-corrected chi connectivity index (χ0v) is 7.60. The molecule has 66 valence electrons. The quantitative estimate of drug-likeness (QED) is 0.597. The van der Waals surface area contributed by atoms with Crippen LogP contribution in [0.3, 0.4) is 0 Å². The van der Waals surface area contributed by atoms with Crippen LogP contribution in [-0.2, 0) is 4.74 Å². The Labute approximate surface area is 73.5 Å². The molecule has 0 N–H and O–H groups in total. The van der Waals surface area contributed by atoms with Crippen LogP contribution in [0.25, 0.3) is 0 Å². The van der Waals surface area contributed by atoms with Crippen molar-refractivity contribution in [2.24, 2.45) is 5.41 Å². The fraction of sp³-hybridized carbons (Fsp3) is 0.900. The summed E-state index contributed by atoms with van der Waals surface area (Å²) in [5.41, 5.74) is 0.179. The molecule has 0 radical (unpaired) electrons. The first-order valence-corrected chi connectivity index (χ1v) is 4.71. The second-order valence-electron chi connectivity index (χ2n) is 4.28. The van der Waals surface area contributed by atoms with Crippen molar-refractivity contribution in [2.45, 2.75) is 44.1 Å². The maximum Gasteiger partial charge on any atom is 0.0689 e. The SMILES string of the molecule is COC12CCC(C#N)(CC1)CC2. The van der Waals surface area contributed by atoms with Gasteiger partial charge in [0.2, 0.25) is 0 Å². The number of fused-ring (bicyclic) bond motifs is 3. The fourth-order valence-electron chi connectivity index (χ4n) is 2.63. The molecule has 0 aromatic carbocycles. The van der Waals surface area contributed by atoms with Crippen LogP contribution in [-0.4, -0.2) is 12.7 Å². The number of hydrogen-bond donors (Lipinski definition) is 0. The van der Waals surface area contributed by atoms with Crippen molar-refractivity contribution in [3.05, 3.63) is 0 Å². The highest BCUT2D eigenvalue weighted by Crippen LogP contribution is 2.53. The summed E-state index contributed by atoms with van der Waals surface area (Å²) in [5, 5.41) is 9.03. The third kappa shape index (κ3) is 0.964. The average Bonchev–Trinajstić information content (AvgIpc) is 2.21. The average molecular weight is 165 g/mol. The van der Waals surface area contributed by atoms with Crippen LogP contribution >= 0.6 is 0 Å². The van der Waals surface area contributed by atoms with Crippen molar-refractivity contribution >= 4 is 0 Å². The third-order valence-electron chi connectivity index (χ3n) is 3.85. The van der Waals surface area contributed by atoms with Crippen molar-refractivity contribution < 1.29 is 4.74 Å². The Bertz CT molecular complexity index is 204. The Morgan fingerprint density at radius 2 is 1.58 bits per heavy atom. The molecule has 0 aromatic rings. The minimum atomic E-state index is 0.0281. The first kappa shape index (κ1) is 8.07. The van der Waals surface area contributed by atoms with E-state index in [0.29, 0.717) is 0 Å². The van der Waals surface area contributed by atoms with Gasteiger partial charge in [-0.05, 0) is 38.5 Å². The van der Waals surface area contributed by atoms with Gasteiger partial charge < -0.3 is 4.74 Å². The molecule has 0 amide bonds. The lowest BCUT2D eigenvalue weighted by Gasteiger charge is -2.49. The van der Waals surface area contributed by atoms with Gasteiger partial charge in [0.05, 0.1) is 17.1 Å². The highest BCUT2D eigenvalue weighted by Gasteiger charge is 2.49. The molecule has 3 aliphatic carbocycles. The van der Waals surface area contributed by atoms with E-state index in [1.165, 1.54) is 0 Å². The van der Waals surface area contributed by atoms with Crippen molar-refractivity contribution in [1.29, 1.82) is 5.26 Å². The van der Waals surface area contributed by atoms with E-state index >= 15 is 0 Å². The minimum Gasteiger partial charge on any atom is -0.378 e. The second-order valence-corrected chi connectivity index (χ2v) is 4.28. The number of hydrogen-bond acceptors (Lipinski definition) is 2. The molecule has 12 heavy (non-hydrogen) atoms. The molecule has 3 rings (SSSR count). The van der Waals surface area contributed by atoms with E-state index in [1.54, 1.807) is 0 Å². The summed E-state index contributed by atoms with van der Waals surface area (Å²) in [5.74, 6) is 0. The molecule has 3 fully saturated rings. The lowest BCUT2D eigenvalue weighted by Crippen LogP contribution is -2.46. The molecule has 2 bridgehead atoms. The maximum absolute atomic E-state index is 9.03. The molecule has 0 aromatic heterocycles. The first-order valence-electron chi connectivity index (χ1n) is 4.71. The number of nitrogens with zero attached hydrogens (tertiary/aromatic N) is 1. The Morgan fingerprint density at radius 3 is 1.92 bits per heavy atom. The van der Waals surface area contributed by atoms with Gasteiger partial charge in [-0.15, -0.1) is 0 Å². The number of methoxy groups -OCH3 is 1. The van der Waals surface area contributed by atoms with Gasteiger partial charge in [0.1, 0.15) is 0 Å². The topological polar surface area (TPSA) is 33.0 Å².